The molecule has 1 aromatic heterocycles. The van der Waals surface area contributed by atoms with Crippen molar-refractivity contribution in [2.24, 2.45) is 4.99 Å². The number of carbonyl (C=O) groups excluding carboxylic acids is 1. The van der Waals surface area contributed by atoms with Crippen molar-refractivity contribution >= 4 is 11.9 Å². The summed E-state index contributed by atoms with van der Waals surface area (Å²) in [5, 5.41) is 17.1. The van der Waals surface area contributed by atoms with E-state index in [0.717, 1.165) is 18.8 Å². The van der Waals surface area contributed by atoms with Gasteiger partial charge in [0.15, 0.2) is 5.96 Å². The van der Waals surface area contributed by atoms with E-state index in [1.165, 1.54) is 12.1 Å². The SMILES string of the molecule is CCc1nncn1CCNC(=NC)NCCNC(=O)Cc1cccc(F)c1. The van der Waals surface area contributed by atoms with Crippen LogP contribution in [0, 0.1) is 5.82 Å². The number of amides is 1. The molecule has 9 heteroatoms. The number of hydrogen-bond acceptors (Lipinski definition) is 4. The summed E-state index contributed by atoms with van der Waals surface area (Å²) in [6.07, 6.45) is 2.70. The van der Waals surface area contributed by atoms with Crippen LogP contribution in [-0.2, 0) is 24.2 Å². The summed E-state index contributed by atoms with van der Waals surface area (Å²) in [7, 11) is 1.69. The Labute approximate surface area is 158 Å². The van der Waals surface area contributed by atoms with Gasteiger partial charge in [0.1, 0.15) is 18.0 Å². The third-order valence-corrected chi connectivity index (χ3v) is 3.87. The molecule has 0 aliphatic rings. The predicted molar refractivity (Wildman–Crippen MR) is 102 cm³/mol. The number of halogens is 1. The summed E-state index contributed by atoms with van der Waals surface area (Å²) in [6, 6.07) is 6.05. The molecule has 2 aromatic rings. The molecule has 8 nitrogen and oxygen atoms in total. The minimum absolute atomic E-state index is 0.148. The quantitative estimate of drug-likeness (QED) is 0.337. The van der Waals surface area contributed by atoms with Crippen LogP contribution in [0.5, 0.6) is 0 Å². The third kappa shape index (κ3) is 7.04. The summed E-state index contributed by atoms with van der Waals surface area (Å²) in [5.74, 6) is 1.11. The number of rotatable bonds is 9. The second kappa shape index (κ2) is 10.9. The zero-order chi connectivity index (χ0) is 19.5. The van der Waals surface area contributed by atoms with Crippen LogP contribution in [0.25, 0.3) is 0 Å². The van der Waals surface area contributed by atoms with Crippen molar-refractivity contribution in [1.29, 1.82) is 0 Å². The molecule has 0 saturated heterocycles. The van der Waals surface area contributed by atoms with E-state index in [0.29, 0.717) is 31.2 Å². The molecule has 0 atom stereocenters. The van der Waals surface area contributed by atoms with Gasteiger partial charge in [0.25, 0.3) is 0 Å². The van der Waals surface area contributed by atoms with Gasteiger partial charge >= 0.3 is 0 Å². The number of carbonyl (C=O) groups is 1. The van der Waals surface area contributed by atoms with Gasteiger partial charge < -0.3 is 20.5 Å². The summed E-state index contributed by atoms with van der Waals surface area (Å²) < 4.78 is 15.1. The standard InChI is InChI=1S/C18H26FN7O/c1-3-16-25-24-13-26(16)10-9-23-18(20-2)22-8-7-21-17(27)12-14-5-4-6-15(19)11-14/h4-6,11,13H,3,7-10,12H2,1-2H3,(H,21,27)(H2,20,22,23). The van der Waals surface area contributed by atoms with E-state index in [2.05, 4.69) is 31.1 Å². The highest BCUT2D eigenvalue weighted by atomic mass is 19.1. The summed E-state index contributed by atoms with van der Waals surface area (Å²) in [5.41, 5.74) is 0.651. The lowest BCUT2D eigenvalue weighted by Gasteiger charge is -2.13. The molecular formula is C18H26FN7O. The van der Waals surface area contributed by atoms with Crippen LogP contribution in [0.4, 0.5) is 4.39 Å². The molecule has 2 rings (SSSR count). The Hall–Kier alpha value is -2.97. The molecule has 0 spiro atoms. The summed E-state index contributed by atoms with van der Waals surface area (Å²) in [6.45, 7) is 4.43. The van der Waals surface area contributed by atoms with Crippen LogP contribution in [0.15, 0.2) is 35.6 Å². The highest BCUT2D eigenvalue weighted by molar-refractivity contribution is 5.80. The Bertz CT molecular complexity index is 760. The number of hydrogen-bond donors (Lipinski definition) is 3. The van der Waals surface area contributed by atoms with Gasteiger partial charge in [-0.2, -0.15) is 0 Å². The average molecular weight is 375 g/mol. The molecule has 0 saturated carbocycles. The number of aliphatic imine (C=N–C) groups is 1. The second-order valence-corrected chi connectivity index (χ2v) is 5.88. The van der Waals surface area contributed by atoms with E-state index in [1.54, 1.807) is 25.5 Å². The topological polar surface area (TPSA) is 96.2 Å². The zero-order valence-corrected chi connectivity index (χ0v) is 15.7. The molecule has 0 aliphatic heterocycles. The normalized spacial score (nSPS) is 11.3. The van der Waals surface area contributed by atoms with Crippen LogP contribution in [0.1, 0.15) is 18.3 Å². The first kappa shape index (κ1) is 20.3. The van der Waals surface area contributed by atoms with Crippen molar-refractivity contribution < 1.29 is 9.18 Å². The number of benzene rings is 1. The molecule has 3 N–H and O–H groups in total. The van der Waals surface area contributed by atoms with Gasteiger partial charge in [-0.25, -0.2) is 4.39 Å². The van der Waals surface area contributed by atoms with Crippen molar-refractivity contribution in [2.45, 2.75) is 26.3 Å². The Morgan fingerprint density at radius 3 is 2.74 bits per heavy atom. The van der Waals surface area contributed by atoms with E-state index in [-0.39, 0.29) is 18.1 Å². The maximum atomic E-state index is 13.1. The Kier molecular flexibility index (Phi) is 8.21. The third-order valence-electron chi connectivity index (χ3n) is 3.87. The molecule has 0 unspecified atom stereocenters. The number of aryl methyl sites for hydroxylation is 1. The zero-order valence-electron chi connectivity index (χ0n) is 15.7. The van der Waals surface area contributed by atoms with Crippen molar-refractivity contribution in [2.75, 3.05) is 26.7 Å². The fourth-order valence-corrected chi connectivity index (χ4v) is 2.53. The molecule has 1 heterocycles. The fraction of sp³-hybridized carbons (Fsp3) is 0.444. The Morgan fingerprint density at radius 2 is 2.00 bits per heavy atom. The summed E-state index contributed by atoms with van der Waals surface area (Å²) in [4.78, 5) is 16.0. The van der Waals surface area contributed by atoms with E-state index in [9.17, 15) is 9.18 Å². The molecule has 146 valence electrons. The number of nitrogens with zero attached hydrogens (tertiary/aromatic N) is 4. The van der Waals surface area contributed by atoms with Crippen molar-refractivity contribution in [1.82, 2.24) is 30.7 Å². The molecule has 0 aliphatic carbocycles. The molecular weight excluding hydrogens is 349 g/mol. The molecule has 0 radical (unpaired) electrons. The van der Waals surface area contributed by atoms with Crippen molar-refractivity contribution in [3.63, 3.8) is 0 Å². The lowest BCUT2D eigenvalue weighted by molar-refractivity contribution is -0.120. The smallest absolute Gasteiger partial charge is 0.224 e. The first-order valence-electron chi connectivity index (χ1n) is 8.94. The van der Waals surface area contributed by atoms with E-state index in [4.69, 9.17) is 0 Å². The number of aromatic nitrogens is 3. The van der Waals surface area contributed by atoms with Gasteiger partial charge in [-0.15, -0.1) is 10.2 Å². The molecule has 27 heavy (non-hydrogen) atoms. The molecule has 1 aromatic carbocycles. The van der Waals surface area contributed by atoms with Gasteiger partial charge in [-0.1, -0.05) is 19.1 Å². The minimum atomic E-state index is -0.339. The van der Waals surface area contributed by atoms with Gasteiger partial charge in [0, 0.05) is 39.6 Å². The van der Waals surface area contributed by atoms with Crippen molar-refractivity contribution in [3.8, 4) is 0 Å². The Morgan fingerprint density at radius 1 is 1.22 bits per heavy atom. The lowest BCUT2D eigenvalue weighted by atomic mass is 10.1. The highest BCUT2D eigenvalue weighted by Gasteiger charge is 2.05. The van der Waals surface area contributed by atoms with Crippen LogP contribution in [-0.4, -0.2) is 53.3 Å². The maximum absolute atomic E-state index is 13.1. The highest BCUT2D eigenvalue weighted by Crippen LogP contribution is 2.03. The first-order valence-corrected chi connectivity index (χ1v) is 8.94. The van der Waals surface area contributed by atoms with Gasteiger partial charge in [-0.05, 0) is 17.7 Å². The Balaban J connectivity index is 1.62. The summed E-state index contributed by atoms with van der Waals surface area (Å²) >= 11 is 0. The van der Waals surface area contributed by atoms with Crippen molar-refractivity contribution in [3.05, 3.63) is 47.8 Å². The van der Waals surface area contributed by atoms with Gasteiger partial charge in [0.2, 0.25) is 5.91 Å². The number of nitrogens with one attached hydrogen (secondary N) is 3. The van der Waals surface area contributed by atoms with Gasteiger partial charge in [-0.3, -0.25) is 9.79 Å². The predicted octanol–water partition coefficient (Wildman–Crippen LogP) is 0.504. The molecule has 0 bridgehead atoms. The van der Waals surface area contributed by atoms with E-state index >= 15 is 0 Å². The molecule has 0 fully saturated rings. The molecule has 1 amide bonds. The largest absolute Gasteiger partial charge is 0.355 e. The van der Waals surface area contributed by atoms with Crippen LogP contribution in [0.3, 0.4) is 0 Å². The van der Waals surface area contributed by atoms with Crippen LogP contribution >= 0.6 is 0 Å². The average Bonchev–Trinajstić information content (AvgIpc) is 3.11. The minimum Gasteiger partial charge on any atom is -0.355 e. The van der Waals surface area contributed by atoms with E-state index < -0.39 is 0 Å². The maximum Gasteiger partial charge on any atom is 0.224 e. The second-order valence-electron chi connectivity index (χ2n) is 5.88. The van der Waals surface area contributed by atoms with Crippen LogP contribution < -0.4 is 16.0 Å². The number of guanidine groups is 1. The fourth-order valence-electron chi connectivity index (χ4n) is 2.53. The lowest BCUT2D eigenvalue weighted by Crippen LogP contribution is -2.42. The van der Waals surface area contributed by atoms with Crippen LogP contribution in [0.2, 0.25) is 0 Å². The van der Waals surface area contributed by atoms with Gasteiger partial charge in [0.05, 0.1) is 6.42 Å². The first-order chi connectivity index (χ1) is 13.1. The monoisotopic (exact) mass is 375 g/mol. The van der Waals surface area contributed by atoms with E-state index in [1.807, 2.05) is 11.5 Å².